The molecule has 19 heavy (non-hydrogen) atoms. The van der Waals surface area contributed by atoms with Crippen LogP contribution in [0.1, 0.15) is 52.4 Å². The minimum Gasteiger partial charge on any atom is -0.450 e. The molecule has 5 heteroatoms. The zero-order valence-corrected chi connectivity index (χ0v) is 12.1. The summed E-state index contributed by atoms with van der Waals surface area (Å²) in [5.41, 5.74) is 0. The summed E-state index contributed by atoms with van der Waals surface area (Å²) in [7, 11) is 0. The molecule has 1 N–H and O–H groups in total. The van der Waals surface area contributed by atoms with Gasteiger partial charge >= 0.3 is 6.09 Å². The highest BCUT2D eigenvalue weighted by Crippen LogP contribution is 2.21. The van der Waals surface area contributed by atoms with E-state index in [0.717, 1.165) is 12.8 Å². The fraction of sp³-hybridized carbons (Fsp3) is 0.857. The maximum Gasteiger partial charge on any atom is 0.407 e. The van der Waals surface area contributed by atoms with Gasteiger partial charge in [-0.15, -0.1) is 0 Å². The number of nitrogens with zero attached hydrogens (tertiary/aromatic N) is 1. The van der Waals surface area contributed by atoms with Crippen LogP contribution in [0.5, 0.6) is 0 Å². The molecule has 0 radical (unpaired) electrons. The van der Waals surface area contributed by atoms with E-state index in [2.05, 4.69) is 5.32 Å². The Morgan fingerprint density at radius 1 is 1.21 bits per heavy atom. The van der Waals surface area contributed by atoms with Gasteiger partial charge in [-0.05, 0) is 19.8 Å². The highest BCUT2D eigenvalue weighted by atomic mass is 16.5. The van der Waals surface area contributed by atoms with Crippen LogP contribution in [0.15, 0.2) is 0 Å². The minimum absolute atomic E-state index is 0.0950. The van der Waals surface area contributed by atoms with Crippen molar-refractivity contribution < 1.29 is 14.3 Å². The molecule has 1 fully saturated rings. The van der Waals surface area contributed by atoms with E-state index in [1.807, 2.05) is 4.90 Å². The zero-order valence-electron chi connectivity index (χ0n) is 12.1. The van der Waals surface area contributed by atoms with E-state index in [4.69, 9.17) is 4.74 Å². The van der Waals surface area contributed by atoms with Crippen LogP contribution in [0.2, 0.25) is 0 Å². The number of nitrogens with one attached hydrogen (secondary N) is 1. The average molecular weight is 270 g/mol. The smallest absolute Gasteiger partial charge is 0.407 e. The van der Waals surface area contributed by atoms with Crippen molar-refractivity contribution >= 4 is 12.0 Å². The number of alkyl carbamates (subject to hydrolysis) is 1. The number of rotatable bonds is 5. The second kappa shape index (κ2) is 8.77. The van der Waals surface area contributed by atoms with E-state index in [9.17, 15) is 9.59 Å². The molecule has 0 aromatic carbocycles. The van der Waals surface area contributed by atoms with Crippen LogP contribution < -0.4 is 5.32 Å². The van der Waals surface area contributed by atoms with Gasteiger partial charge in [-0.1, -0.05) is 25.7 Å². The lowest BCUT2D eigenvalue weighted by atomic mass is 10.1. The predicted molar refractivity (Wildman–Crippen MR) is 73.9 cm³/mol. The molecule has 5 nitrogen and oxygen atoms in total. The topological polar surface area (TPSA) is 58.6 Å². The van der Waals surface area contributed by atoms with Crippen molar-refractivity contribution in [2.45, 2.75) is 58.4 Å². The van der Waals surface area contributed by atoms with Gasteiger partial charge in [0.1, 0.15) is 0 Å². The average Bonchev–Trinajstić information content (AvgIpc) is 2.63. The van der Waals surface area contributed by atoms with Crippen molar-refractivity contribution in [2.24, 2.45) is 0 Å². The van der Waals surface area contributed by atoms with Crippen LogP contribution >= 0.6 is 0 Å². The van der Waals surface area contributed by atoms with Gasteiger partial charge < -0.3 is 15.0 Å². The Morgan fingerprint density at radius 3 is 2.37 bits per heavy atom. The second-order valence-corrected chi connectivity index (χ2v) is 5.01. The van der Waals surface area contributed by atoms with Gasteiger partial charge in [-0.25, -0.2) is 4.79 Å². The van der Waals surface area contributed by atoms with Crippen molar-refractivity contribution in [3.8, 4) is 0 Å². The van der Waals surface area contributed by atoms with Crippen molar-refractivity contribution in [1.29, 1.82) is 0 Å². The molecular formula is C14H26N2O3. The van der Waals surface area contributed by atoms with Crippen LogP contribution in [-0.4, -0.2) is 42.6 Å². The molecule has 1 aliphatic rings. The molecular weight excluding hydrogens is 244 g/mol. The number of carbonyl (C=O) groups excluding carboxylic acids is 2. The molecule has 0 aliphatic heterocycles. The van der Waals surface area contributed by atoms with Crippen LogP contribution in [0.3, 0.4) is 0 Å². The third-order valence-electron chi connectivity index (χ3n) is 3.57. The van der Waals surface area contributed by atoms with Gasteiger partial charge in [0.2, 0.25) is 5.91 Å². The van der Waals surface area contributed by atoms with Gasteiger partial charge in [-0.3, -0.25) is 4.79 Å². The molecule has 0 unspecified atom stereocenters. The molecule has 2 amide bonds. The van der Waals surface area contributed by atoms with Crippen molar-refractivity contribution in [1.82, 2.24) is 10.2 Å². The summed E-state index contributed by atoms with van der Waals surface area (Å²) in [4.78, 5) is 24.8. The van der Waals surface area contributed by atoms with E-state index in [1.54, 1.807) is 13.8 Å². The molecule has 0 aromatic heterocycles. The number of ether oxygens (including phenoxy) is 1. The molecule has 0 saturated heterocycles. The van der Waals surface area contributed by atoms with Gasteiger partial charge in [0.15, 0.2) is 0 Å². The first-order valence-electron chi connectivity index (χ1n) is 7.33. The molecule has 1 aliphatic carbocycles. The molecule has 110 valence electrons. The first-order chi connectivity index (χ1) is 9.15. The maximum atomic E-state index is 11.7. The number of carbonyl (C=O) groups is 2. The Kier molecular flexibility index (Phi) is 7.30. The van der Waals surface area contributed by atoms with Gasteiger partial charge in [0.05, 0.1) is 6.61 Å². The Morgan fingerprint density at radius 2 is 1.84 bits per heavy atom. The monoisotopic (exact) mass is 270 g/mol. The fourth-order valence-electron chi connectivity index (χ4n) is 2.63. The number of amides is 2. The van der Waals surface area contributed by atoms with E-state index >= 15 is 0 Å². The lowest BCUT2D eigenvalue weighted by Crippen LogP contribution is -2.43. The third kappa shape index (κ3) is 5.94. The Bertz CT molecular complexity index is 286. The maximum absolute atomic E-state index is 11.7. The largest absolute Gasteiger partial charge is 0.450 e. The van der Waals surface area contributed by atoms with Gasteiger partial charge in [-0.2, -0.15) is 0 Å². The van der Waals surface area contributed by atoms with Gasteiger partial charge in [0.25, 0.3) is 0 Å². The molecule has 1 saturated carbocycles. The summed E-state index contributed by atoms with van der Waals surface area (Å²) in [5.74, 6) is 0.0950. The van der Waals surface area contributed by atoms with E-state index in [1.165, 1.54) is 25.7 Å². The molecule has 0 heterocycles. The second-order valence-electron chi connectivity index (χ2n) is 5.01. The van der Waals surface area contributed by atoms with Crippen LogP contribution in [0.25, 0.3) is 0 Å². The summed E-state index contributed by atoms with van der Waals surface area (Å²) in [6.07, 6.45) is 6.68. The molecule has 1 rings (SSSR count). The molecule has 0 bridgehead atoms. The first kappa shape index (κ1) is 15.8. The Hall–Kier alpha value is -1.26. The molecule has 0 atom stereocenters. The predicted octanol–water partition coefficient (Wildman–Crippen LogP) is 2.30. The SMILES string of the molecule is CCOC(=O)NCCN(C(C)=O)C1CCCCCC1. The summed E-state index contributed by atoms with van der Waals surface area (Å²) in [6.45, 7) is 4.76. The van der Waals surface area contributed by atoms with Crippen LogP contribution in [0, 0.1) is 0 Å². The quantitative estimate of drug-likeness (QED) is 0.780. The zero-order chi connectivity index (χ0) is 14.1. The summed E-state index contributed by atoms with van der Waals surface area (Å²) in [6, 6.07) is 0.337. The van der Waals surface area contributed by atoms with Crippen LogP contribution in [0.4, 0.5) is 4.79 Å². The first-order valence-corrected chi connectivity index (χ1v) is 7.33. The lowest BCUT2D eigenvalue weighted by Gasteiger charge is -2.30. The summed E-state index contributed by atoms with van der Waals surface area (Å²) in [5, 5.41) is 2.67. The lowest BCUT2D eigenvalue weighted by molar-refractivity contribution is -0.131. The highest BCUT2D eigenvalue weighted by Gasteiger charge is 2.21. The highest BCUT2D eigenvalue weighted by molar-refractivity contribution is 5.73. The fourth-order valence-corrected chi connectivity index (χ4v) is 2.63. The summed E-state index contributed by atoms with van der Waals surface area (Å²) < 4.78 is 4.80. The third-order valence-corrected chi connectivity index (χ3v) is 3.57. The minimum atomic E-state index is -0.410. The standard InChI is InChI=1S/C14H26N2O3/c1-3-19-14(18)15-10-11-16(12(2)17)13-8-6-4-5-7-9-13/h13H,3-11H2,1-2H3,(H,15,18). The number of hydrogen-bond acceptors (Lipinski definition) is 3. The Balaban J connectivity index is 2.39. The van der Waals surface area contributed by atoms with Crippen LogP contribution in [-0.2, 0) is 9.53 Å². The van der Waals surface area contributed by atoms with Crippen molar-refractivity contribution in [3.63, 3.8) is 0 Å². The van der Waals surface area contributed by atoms with Crippen molar-refractivity contribution in [3.05, 3.63) is 0 Å². The number of hydrogen-bond donors (Lipinski definition) is 1. The van der Waals surface area contributed by atoms with E-state index < -0.39 is 6.09 Å². The molecule has 0 spiro atoms. The summed E-state index contributed by atoms with van der Waals surface area (Å²) >= 11 is 0. The normalized spacial score (nSPS) is 16.5. The molecule has 0 aromatic rings. The van der Waals surface area contributed by atoms with E-state index in [0.29, 0.717) is 25.7 Å². The van der Waals surface area contributed by atoms with Crippen molar-refractivity contribution in [2.75, 3.05) is 19.7 Å². The Labute approximate surface area is 115 Å². The van der Waals surface area contributed by atoms with Gasteiger partial charge in [0, 0.05) is 26.1 Å². The van der Waals surface area contributed by atoms with E-state index in [-0.39, 0.29) is 5.91 Å².